The Morgan fingerprint density at radius 2 is 2.16 bits per heavy atom. The van der Waals surface area contributed by atoms with Gasteiger partial charge in [-0.3, -0.25) is 0 Å². The van der Waals surface area contributed by atoms with Gasteiger partial charge in [-0.25, -0.2) is 4.98 Å². The minimum absolute atomic E-state index is 0.291. The van der Waals surface area contributed by atoms with Crippen LogP contribution in [0.15, 0.2) is 45.4 Å². The zero-order valence-corrected chi connectivity index (χ0v) is 11.8. The fourth-order valence-corrected chi connectivity index (χ4v) is 2.07. The van der Waals surface area contributed by atoms with Crippen LogP contribution in [0, 0.1) is 6.92 Å². The first kappa shape index (κ1) is 12.2. The molecule has 19 heavy (non-hydrogen) atoms. The van der Waals surface area contributed by atoms with Crippen molar-refractivity contribution in [1.29, 1.82) is 0 Å². The summed E-state index contributed by atoms with van der Waals surface area (Å²) in [5.41, 5.74) is 2.32. The van der Waals surface area contributed by atoms with E-state index in [2.05, 4.69) is 25.9 Å². The predicted molar refractivity (Wildman–Crippen MR) is 75.0 cm³/mol. The average molecular weight is 319 g/mol. The summed E-state index contributed by atoms with van der Waals surface area (Å²) in [6.45, 7) is 2.29. The summed E-state index contributed by atoms with van der Waals surface area (Å²) in [5, 5.41) is 0. The highest BCUT2D eigenvalue weighted by molar-refractivity contribution is 9.10. The topological polar surface area (TPSA) is 48.2 Å². The number of oxazole rings is 1. The van der Waals surface area contributed by atoms with Gasteiger partial charge in [0.2, 0.25) is 5.89 Å². The molecule has 0 unspecified atom stereocenters. The Kier molecular flexibility index (Phi) is 3.21. The van der Waals surface area contributed by atoms with Crippen molar-refractivity contribution < 1.29 is 9.15 Å². The number of aromatic nitrogens is 2. The highest BCUT2D eigenvalue weighted by atomic mass is 79.9. The number of fused-ring (bicyclic) bond motifs is 1. The fraction of sp³-hybridized carbons (Fsp3) is 0.143. The van der Waals surface area contributed by atoms with E-state index in [1.54, 1.807) is 6.20 Å². The van der Waals surface area contributed by atoms with Crippen LogP contribution in [-0.4, -0.2) is 9.97 Å². The third-order valence-corrected chi connectivity index (χ3v) is 3.14. The summed E-state index contributed by atoms with van der Waals surface area (Å²) in [6.07, 6.45) is 1.69. The molecule has 0 saturated carbocycles. The standard InChI is InChI=1S/C14H11BrN2O2/c1-9-4-2-3-5-11(9)18-8-13-17-14-12(19-13)6-10(15)7-16-14/h2-7H,8H2,1H3. The minimum atomic E-state index is 0.291. The molecule has 0 radical (unpaired) electrons. The van der Waals surface area contributed by atoms with Crippen molar-refractivity contribution in [2.75, 3.05) is 0 Å². The van der Waals surface area contributed by atoms with Crippen LogP contribution < -0.4 is 4.74 Å². The summed E-state index contributed by atoms with van der Waals surface area (Å²) < 4.78 is 12.1. The minimum Gasteiger partial charge on any atom is -0.484 e. The Morgan fingerprint density at radius 1 is 1.32 bits per heavy atom. The molecule has 5 heteroatoms. The fourth-order valence-electron chi connectivity index (χ4n) is 1.76. The second-order valence-electron chi connectivity index (χ2n) is 4.14. The average Bonchev–Trinajstić information content (AvgIpc) is 2.79. The van der Waals surface area contributed by atoms with E-state index in [9.17, 15) is 0 Å². The SMILES string of the molecule is Cc1ccccc1OCc1nc2ncc(Br)cc2o1. The Bertz CT molecular complexity index is 724. The van der Waals surface area contributed by atoms with Crippen molar-refractivity contribution in [2.45, 2.75) is 13.5 Å². The zero-order chi connectivity index (χ0) is 13.2. The van der Waals surface area contributed by atoms with E-state index in [1.807, 2.05) is 37.3 Å². The number of hydrogen-bond acceptors (Lipinski definition) is 4. The Hall–Kier alpha value is -1.88. The monoisotopic (exact) mass is 318 g/mol. The molecule has 0 aliphatic rings. The maximum absolute atomic E-state index is 5.69. The Balaban J connectivity index is 1.80. The zero-order valence-electron chi connectivity index (χ0n) is 10.3. The van der Waals surface area contributed by atoms with E-state index in [4.69, 9.17) is 9.15 Å². The lowest BCUT2D eigenvalue weighted by Gasteiger charge is -2.05. The summed E-state index contributed by atoms with van der Waals surface area (Å²) in [4.78, 5) is 8.44. The number of pyridine rings is 1. The van der Waals surface area contributed by atoms with Crippen molar-refractivity contribution in [2.24, 2.45) is 0 Å². The molecule has 96 valence electrons. The van der Waals surface area contributed by atoms with E-state index < -0.39 is 0 Å². The van der Waals surface area contributed by atoms with Crippen LogP contribution in [0.3, 0.4) is 0 Å². The Morgan fingerprint density at radius 3 is 3.00 bits per heavy atom. The number of aryl methyl sites for hydroxylation is 1. The maximum atomic E-state index is 5.69. The van der Waals surface area contributed by atoms with Crippen molar-refractivity contribution in [3.05, 3.63) is 52.5 Å². The first-order chi connectivity index (χ1) is 9.22. The lowest BCUT2D eigenvalue weighted by Crippen LogP contribution is -1.96. The van der Waals surface area contributed by atoms with Gasteiger partial charge in [-0.05, 0) is 34.5 Å². The molecule has 0 atom stereocenters. The van der Waals surface area contributed by atoms with Crippen LogP contribution in [0.25, 0.3) is 11.2 Å². The van der Waals surface area contributed by atoms with Crippen molar-refractivity contribution >= 4 is 27.2 Å². The second-order valence-corrected chi connectivity index (χ2v) is 5.05. The number of hydrogen-bond donors (Lipinski definition) is 0. The van der Waals surface area contributed by atoms with Crippen LogP contribution >= 0.6 is 15.9 Å². The molecule has 0 bridgehead atoms. The molecule has 0 aliphatic heterocycles. The first-order valence-electron chi connectivity index (χ1n) is 5.82. The summed E-state index contributed by atoms with van der Waals surface area (Å²) >= 11 is 3.35. The third-order valence-electron chi connectivity index (χ3n) is 2.70. The van der Waals surface area contributed by atoms with Gasteiger partial charge in [0, 0.05) is 16.7 Å². The van der Waals surface area contributed by atoms with E-state index in [0.717, 1.165) is 15.8 Å². The molecule has 0 spiro atoms. The highest BCUT2D eigenvalue weighted by Crippen LogP contribution is 2.21. The van der Waals surface area contributed by atoms with Crippen LogP contribution in [0.4, 0.5) is 0 Å². The van der Waals surface area contributed by atoms with Crippen LogP contribution in [-0.2, 0) is 6.61 Å². The highest BCUT2D eigenvalue weighted by Gasteiger charge is 2.08. The molecule has 0 N–H and O–H groups in total. The van der Waals surface area contributed by atoms with E-state index >= 15 is 0 Å². The summed E-state index contributed by atoms with van der Waals surface area (Å²) in [7, 11) is 0. The van der Waals surface area contributed by atoms with Gasteiger partial charge in [0.05, 0.1) is 0 Å². The number of rotatable bonds is 3. The molecule has 0 fully saturated rings. The lowest BCUT2D eigenvalue weighted by atomic mass is 10.2. The normalized spacial score (nSPS) is 10.8. The largest absolute Gasteiger partial charge is 0.484 e. The maximum Gasteiger partial charge on any atom is 0.235 e. The smallest absolute Gasteiger partial charge is 0.235 e. The van der Waals surface area contributed by atoms with Gasteiger partial charge >= 0.3 is 0 Å². The second kappa shape index (κ2) is 5.01. The molecule has 2 heterocycles. The van der Waals surface area contributed by atoms with Crippen molar-refractivity contribution in [1.82, 2.24) is 9.97 Å². The Labute approximate surface area is 118 Å². The molecule has 0 aliphatic carbocycles. The van der Waals surface area contributed by atoms with Gasteiger partial charge in [-0.2, -0.15) is 4.98 Å². The summed E-state index contributed by atoms with van der Waals surface area (Å²) in [6, 6.07) is 9.68. The van der Waals surface area contributed by atoms with Crippen molar-refractivity contribution in [3.63, 3.8) is 0 Å². The van der Waals surface area contributed by atoms with E-state index in [-0.39, 0.29) is 0 Å². The number of benzene rings is 1. The lowest BCUT2D eigenvalue weighted by molar-refractivity contribution is 0.265. The van der Waals surface area contributed by atoms with Crippen molar-refractivity contribution in [3.8, 4) is 5.75 Å². The molecule has 0 saturated heterocycles. The van der Waals surface area contributed by atoms with Gasteiger partial charge in [-0.1, -0.05) is 18.2 Å². The molecule has 3 aromatic rings. The van der Waals surface area contributed by atoms with Gasteiger partial charge < -0.3 is 9.15 Å². The predicted octanol–water partition coefficient (Wildman–Crippen LogP) is 3.87. The van der Waals surface area contributed by atoms with Gasteiger partial charge in [0.25, 0.3) is 0 Å². The third kappa shape index (κ3) is 2.61. The number of para-hydroxylation sites is 1. The first-order valence-corrected chi connectivity index (χ1v) is 6.61. The molecular weight excluding hydrogens is 308 g/mol. The number of nitrogens with zero attached hydrogens (tertiary/aromatic N) is 2. The molecular formula is C14H11BrN2O2. The van der Waals surface area contributed by atoms with Gasteiger partial charge in [0.1, 0.15) is 5.75 Å². The van der Waals surface area contributed by atoms with Crippen LogP contribution in [0.1, 0.15) is 11.5 Å². The van der Waals surface area contributed by atoms with Crippen LogP contribution in [0.5, 0.6) is 5.75 Å². The quantitative estimate of drug-likeness (QED) is 0.735. The molecule has 0 amide bonds. The number of halogens is 1. The number of ether oxygens (including phenoxy) is 1. The molecule has 3 rings (SSSR count). The van der Waals surface area contributed by atoms with E-state index in [0.29, 0.717) is 23.7 Å². The van der Waals surface area contributed by atoms with Gasteiger partial charge in [-0.15, -0.1) is 0 Å². The molecule has 1 aromatic carbocycles. The van der Waals surface area contributed by atoms with E-state index in [1.165, 1.54) is 0 Å². The molecule has 2 aromatic heterocycles. The molecule has 4 nitrogen and oxygen atoms in total. The van der Waals surface area contributed by atoms with Gasteiger partial charge in [0.15, 0.2) is 17.8 Å². The van der Waals surface area contributed by atoms with Crippen LogP contribution in [0.2, 0.25) is 0 Å². The summed E-state index contributed by atoms with van der Waals surface area (Å²) in [5.74, 6) is 1.35.